The minimum atomic E-state index is -1.03. The van der Waals surface area contributed by atoms with E-state index >= 15 is 0 Å². The first kappa shape index (κ1) is 12.9. The highest BCUT2D eigenvalue weighted by Gasteiger charge is 2.29. The summed E-state index contributed by atoms with van der Waals surface area (Å²) in [4.78, 5) is 22.4. The Morgan fingerprint density at radius 1 is 1.29 bits per heavy atom. The molecule has 0 bridgehead atoms. The Kier molecular flexibility index (Phi) is 4.07. The van der Waals surface area contributed by atoms with Gasteiger partial charge in [-0.25, -0.2) is 0 Å². The van der Waals surface area contributed by atoms with Gasteiger partial charge in [0.05, 0.1) is 0 Å². The molecule has 0 saturated carbocycles. The largest absolute Gasteiger partial charge is 0.368 e. The average Bonchev–Trinajstić information content (AvgIpc) is 2.01. The van der Waals surface area contributed by atoms with Crippen LogP contribution in [0.2, 0.25) is 0 Å². The Bertz CT molecular complexity index is 236. The van der Waals surface area contributed by atoms with E-state index in [1.54, 1.807) is 27.7 Å². The highest BCUT2D eigenvalue weighted by molar-refractivity contribution is 5.90. The minimum absolute atomic E-state index is 0.251. The molecule has 0 aromatic rings. The number of hydrogen-bond donors (Lipinski definition) is 3. The van der Waals surface area contributed by atoms with E-state index in [0.717, 1.165) is 0 Å². The van der Waals surface area contributed by atoms with Crippen LogP contribution < -0.4 is 16.8 Å². The van der Waals surface area contributed by atoms with Gasteiger partial charge in [-0.1, -0.05) is 6.92 Å². The van der Waals surface area contributed by atoms with Gasteiger partial charge in [0.25, 0.3) is 0 Å². The predicted octanol–water partition coefficient (Wildman–Crippen LogP) is -0.650. The summed E-state index contributed by atoms with van der Waals surface area (Å²) in [5.41, 5.74) is 9.64. The van der Waals surface area contributed by atoms with Crippen molar-refractivity contribution in [1.29, 1.82) is 0 Å². The Morgan fingerprint density at radius 2 is 1.71 bits per heavy atom. The summed E-state index contributed by atoms with van der Waals surface area (Å²) in [7, 11) is 0. The zero-order valence-electron chi connectivity index (χ0n) is 9.13. The summed E-state index contributed by atoms with van der Waals surface area (Å²) < 4.78 is 0. The molecule has 2 atom stereocenters. The standard InChI is InChI=1S/C9H19N3O2/c1-5(6(2)10)7(13)12-9(3,4)8(11)14/h5-6H,10H2,1-4H3,(H2,11,14)(H,12,13). The predicted molar refractivity (Wildman–Crippen MR) is 54.2 cm³/mol. The zero-order valence-corrected chi connectivity index (χ0v) is 9.13. The Labute approximate surface area is 84.2 Å². The van der Waals surface area contributed by atoms with E-state index in [0.29, 0.717) is 0 Å². The second-order valence-electron chi connectivity index (χ2n) is 4.13. The molecular weight excluding hydrogens is 182 g/mol. The lowest BCUT2D eigenvalue weighted by molar-refractivity contribution is -0.132. The molecule has 0 aliphatic heterocycles. The van der Waals surface area contributed by atoms with Crippen molar-refractivity contribution in [3.05, 3.63) is 0 Å². The first-order valence-corrected chi connectivity index (χ1v) is 4.56. The van der Waals surface area contributed by atoms with Gasteiger partial charge in [0, 0.05) is 12.0 Å². The molecule has 0 aromatic heterocycles. The minimum Gasteiger partial charge on any atom is -0.368 e. The van der Waals surface area contributed by atoms with Crippen LogP contribution in [-0.4, -0.2) is 23.4 Å². The summed E-state index contributed by atoms with van der Waals surface area (Å²) in [6.45, 7) is 6.56. The summed E-state index contributed by atoms with van der Waals surface area (Å²) >= 11 is 0. The molecule has 0 aliphatic carbocycles. The molecule has 0 rings (SSSR count). The van der Waals surface area contributed by atoms with Crippen molar-refractivity contribution in [2.75, 3.05) is 0 Å². The summed E-state index contributed by atoms with van der Waals surface area (Å²) in [6, 6.07) is -0.251. The molecule has 0 aliphatic rings. The zero-order chi connectivity index (χ0) is 11.5. The fourth-order valence-corrected chi connectivity index (χ4v) is 0.722. The second-order valence-corrected chi connectivity index (χ2v) is 4.13. The number of primary amides is 1. The van der Waals surface area contributed by atoms with Crippen LogP contribution in [-0.2, 0) is 9.59 Å². The van der Waals surface area contributed by atoms with Crippen molar-refractivity contribution in [2.24, 2.45) is 17.4 Å². The molecule has 0 fully saturated rings. The highest BCUT2D eigenvalue weighted by atomic mass is 16.2. The van der Waals surface area contributed by atoms with Crippen LogP contribution in [0.15, 0.2) is 0 Å². The smallest absolute Gasteiger partial charge is 0.242 e. The number of carbonyl (C=O) groups excluding carboxylic acids is 2. The molecule has 5 heteroatoms. The van der Waals surface area contributed by atoms with Gasteiger partial charge in [-0.3, -0.25) is 9.59 Å². The van der Waals surface area contributed by atoms with E-state index < -0.39 is 11.4 Å². The molecule has 5 nitrogen and oxygen atoms in total. The number of hydrogen-bond acceptors (Lipinski definition) is 3. The fraction of sp³-hybridized carbons (Fsp3) is 0.778. The van der Waals surface area contributed by atoms with Gasteiger partial charge in [0.1, 0.15) is 5.54 Å². The van der Waals surface area contributed by atoms with Crippen LogP contribution in [0.3, 0.4) is 0 Å². The summed E-state index contributed by atoms with van der Waals surface area (Å²) in [5.74, 6) is -1.17. The van der Waals surface area contributed by atoms with Crippen molar-refractivity contribution >= 4 is 11.8 Å². The van der Waals surface area contributed by atoms with Gasteiger partial charge in [-0.2, -0.15) is 0 Å². The average molecular weight is 201 g/mol. The van der Waals surface area contributed by atoms with Gasteiger partial charge in [0.2, 0.25) is 11.8 Å². The molecule has 14 heavy (non-hydrogen) atoms. The van der Waals surface area contributed by atoms with Crippen molar-refractivity contribution in [1.82, 2.24) is 5.32 Å². The quantitative estimate of drug-likeness (QED) is 0.563. The Hall–Kier alpha value is -1.10. The SMILES string of the molecule is CC(N)C(C)C(=O)NC(C)(C)C(N)=O. The van der Waals surface area contributed by atoms with E-state index in [1.165, 1.54) is 0 Å². The lowest BCUT2D eigenvalue weighted by Crippen LogP contribution is -2.55. The van der Waals surface area contributed by atoms with E-state index in [-0.39, 0.29) is 17.9 Å². The molecular formula is C9H19N3O2. The first-order valence-electron chi connectivity index (χ1n) is 4.56. The molecule has 0 saturated heterocycles. The van der Waals surface area contributed by atoms with Crippen LogP contribution in [0, 0.1) is 5.92 Å². The van der Waals surface area contributed by atoms with Crippen molar-refractivity contribution in [3.8, 4) is 0 Å². The monoisotopic (exact) mass is 201 g/mol. The summed E-state index contributed by atoms with van der Waals surface area (Å²) in [6.07, 6.45) is 0. The van der Waals surface area contributed by atoms with Crippen LogP contribution in [0.1, 0.15) is 27.7 Å². The number of rotatable bonds is 4. The van der Waals surface area contributed by atoms with Gasteiger partial charge in [0.15, 0.2) is 0 Å². The third-order valence-electron chi connectivity index (χ3n) is 2.25. The molecule has 2 unspecified atom stereocenters. The van der Waals surface area contributed by atoms with Crippen LogP contribution in [0.5, 0.6) is 0 Å². The lowest BCUT2D eigenvalue weighted by Gasteiger charge is -2.25. The van der Waals surface area contributed by atoms with Crippen LogP contribution >= 0.6 is 0 Å². The lowest BCUT2D eigenvalue weighted by atomic mass is 9.99. The molecule has 82 valence electrons. The van der Waals surface area contributed by atoms with Gasteiger partial charge >= 0.3 is 0 Å². The van der Waals surface area contributed by atoms with Gasteiger partial charge in [-0.05, 0) is 20.8 Å². The Morgan fingerprint density at radius 3 is 2.00 bits per heavy atom. The maximum atomic E-state index is 11.5. The molecule has 0 aromatic carbocycles. The number of nitrogens with two attached hydrogens (primary N) is 2. The maximum absolute atomic E-state index is 11.5. The number of nitrogens with one attached hydrogen (secondary N) is 1. The molecule has 5 N–H and O–H groups in total. The molecule has 0 spiro atoms. The van der Waals surface area contributed by atoms with E-state index in [1.807, 2.05) is 0 Å². The van der Waals surface area contributed by atoms with Crippen LogP contribution in [0.25, 0.3) is 0 Å². The molecule has 0 radical (unpaired) electrons. The third kappa shape index (κ3) is 3.33. The maximum Gasteiger partial charge on any atom is 0.242 e. The van der Waals surface area contributed by atoms with E-state index in [2.05, 4.69) is 5.32 Å². The van der Waals surface area contributed by atoms with Crippen molar-refractivity contribution in [3.63, 3.8) is 0 Å². The number of carbonyl (C=O) groups is 2. The third-order valence-corrected chi connectivity index (χ3v) is 2.25. The summed E-state index contributed by atoms with van der Waals surface area (Å²) in [5, 5.41) is 2.54. The van der Waals surface area contributed by atoms with Crippen LogP contribution in [0.4, 0.5) is 0 Å². The topological polar surface area (TPSA) is 98.2 Å². The van der Waals surface area contributed by atoms with Gasteiger partial charge < -0.3 is 16.8 Å². The fourth-order valence-electron chi connectivity index (χ4n) is 0.722. The van der Waals surface area contributed by atoms with E-state index in [4.69, 9.17) is 11.5 Å². The van der Waals surface area contributed by atoms with Crippen molar-refractivity contribution < 1.29 is 9.59 Å². The molecule has 0 heterocycles. The van der Waals surface area contributed by atoms with E-state index in [9.17, 15) is 9.59 Å². The van der Waals surface area contributed by atoms with Gasteiger partial charge in [-0.15, -0.1) is 0 Å². The Balaban J connectivity index is 4.40. The number of amides is 2. The first-order chi connectivity index (χ1) is 6.18. The van der Waals surface area contributed by atoms with Crippen molar-refractivity contribution in [2.45, 2.75) is 39.3 Å². The highest BCUT2D eigenvalue weighted by Crippen LogP contribution is 2.05. The normalized spacial score (nSPS) is 15.8. The molecule has 2 amide bonds. The second kappa shape index (κ2) is 4.41.